The van der Waals surface area contributed by atoms with Gasteiger partial charge in [0.1, 0.15) is 11.2 Å². The molecule has 0 unspecified atom stereocenters. The van der Waals surface area contributed by atoms with Crippen LogP contribution in [0.5, 0.6) is 0 Å². The molecule has 2 aromatic carbocycles. The number of esters is 2. The van der Waals surface area contributed by atoms with E-state index in [1.54, 1.807) is 77.9 Å². The number of hydrogen-bond acceptors (Lipinski definition) is 6. The van der Waals surface area contributed by atoms with Crippen molar-refractivity contribution in [3.05, 3.63) is 71.8 Å². The Hall–Kier alpha value is -3.62. The van der Waals surface area contributed by atoms with Gasteiger partial charge in [-0.15, -0.1) is 0 Å². The molecular formula is C31H44BNO7. The maximum atomic E-state index is 11.8. The first-order valence-corrected chi connectivity index (χ1v) is 12.9. The van der Waals surface area contributed by atoms with E-state index in [9.17, 15) is 24.3 Å². The molecule has 2 aromatic rings. The topological polar surface area (TPSA) is 133 Å². The lowest BCUT2D eigenvalue weighted by molar-refractivity contribution is -0.159. The first-order valence-electron chi connectivity index (χ1n) is 13.9. The number of amides is 1. The molecule has 3 N–H and O–H groups in total. The fourth-order valence-corrected chi connectivity index (χ4v) is 3.24. The monoisotopic (exact) mass is 555 g/mol. The van der Waals surface area contributed by atoms with Gasteiger partial charge in [0.05, 0.1) is 32.5 Å². The summed E-state index contributed by atoms with van der Waals surface area (Å²) in [5, 5.41) is 9.25. The minimum atomic E-state index is -1.91. The molecule has 0 heterocycles. The highest BCUT2D eigenvalue weighted by Crippen LogP contribution is 2.17. The van der Waals surface area contributed by atoms with Crippen LogP contribution in [-0.4, -0.2) is 48.0 Å². The Morgan fingerprint density at radius 2 is 1.07 bits per heavy atom. The fraction of sp³-hybridized carbons (Fsp3) is 0.484. The summed E-state index contributed by atoms with van der Waals surface area (Å²) in [5.74, 6) is -7.03. The molecule has 1 amide bonds. The number of carbonyl (C=O) groups is 4. The van der Waals surface area contributed by atoms with E-state index in [0.717, 1.165) is 5.56 Å². The summed E-state index contributed by atoms with van der Waals surface area (Å²) in [5.41, 5.74) is 5.44. The van der Waals surface area contributed by atoms with E-state index in [1.807, 2.05) is 24.3 Å². The van der Waals surface area contributed by atoms with Gasteiger partial charge in [0.2, 0.25) is 5.91 Å². The van der Waals surface area contributed by atoms with E-state index in [0.29, 0.717) is 5.56 Å². The van der Waals surface area contributed by atoms with Crippen molar-refractivity contribution in [2.45, 2.75) is 85.3 Å². The summed E-state index contributed by atoms with van der Waals surface area (Å²) in [6.45, 7) is 11.8. The Balaban J connectivity index is 0.000000756. The van der Waals surface area contributed by atoms with Crippen molar-refractivity contribution in [1.82, 2.24) is 0 Å². The lowest BCUT2D eigenvalue weighted by Gasteiger charge is -2.21. The molecule has 0 saturated heterocycles. The largest absolute Gasteiger partial charge is 0.481 e. The zero-order valence-corrected chi connectivity index (χ0v) is 24.7. The summed E-state index contributed by atoms with van der Waals surface area (Å²) >= 11 is 0. The second-order valence-electron chi connectivity index (χ2n) is 10.7. The standard InChI is InChI=1S/C15H21NO3.C15H20O4.CH3B/c1-15(2,3)19-13(17)10-12(14(16)18)9-11-7-5-4-6-8-11;1-15(2,3)19-13(16)10-12(14(17)18)9-11-7-5-4-6-8-11;1-2/h4-8,12H,9-10H2,1-3H3,(H2,16,18);4-8,12H,9-10H2,1-3H3,(H,17,18);1H3/t2*12-;/m11./s1/i2*12D;. The molecule has 0 aliphatic heterocycles. The number of rotatable bonds is 10. The number of aliphatic carboxylic acids is 1. The average molecular weight is 556 g/mol. The maximum absolute atomic E-state index is 11.8. The maximum Gasteiger partial charge on any atom is 0.307 e. The predicted octanol–water partition coefficient (Wildman–Crippen LogP) is 4.93. The van der Waals surface area contributed by atoms with Crippen LogP contribution < -0.4 is 5.73 Å². The second-order valence-corrected chi connectivity index (χ2v) is 10.7. The minimum Gasteiger partial charge on any atom is -0.481 e. The molecule has 2 rings (SSSR count). The quantitative estimate of drug-likeness (QED) is 0.314. The van der Waals surface area contributed by atoms with E-state index in [4.69, 9.17) is 17.9 Å². The van der Waals surface area contributed by atoms with Gasteiger partial charge in [-0.3, -0.25) is 19.2 Å². The zero-order valence-electron chi connectivity index (χ0n) is 26.7. The van der Waals surface area contributed by atoms with Crippen molar-refractivity contribution in [2.75, 3.05) is 0 Å². The number of carboxylic acids is 1. The average Bonchev–Trinajstić information content (AvgIpc) is 2.84. The third kappa shape index (κ3) is 17.8. The van der Waals surface area contributed by atoms with Gasteiger partial charge in [0.15, 0.2) is 0 Å². The lowest BCUT2D eigenvalue weighted by atomic mass is 9.95. The van der Waals surface area contributed by atoms with Crippen LogP contribution in [0.1, 0.15) is 68.3 Å². The van der Waals surface area contributed by atoms with Gasteiger partial charge < -0.3 is 20.3 Å². The summed E-state index contributed by atoms with van der Waals surface area (Å²) in [6.07, 6.45) is -0.784. The third-order valence-corrected chi connectivity index (χ3v) is 4.73. The molecule has 0 aliphatic carbocycles. The number of ether oxygens (including phenoxy) is 2. The number of nitrogens with two attached hydrogens (primary N) is 1. The van der Waals surface area contributed by atoms with Crippen molar-refractivity contribution in [1.29, 1.82) is 0 Å². The van der Waals surface area contributed by atoms with E-state index in [2.05, 4.69) is 7.85 Å². The Morgan fingerprint density at radius 3 is 1.38 bits per heavy atom. The molecule has 2 radical (unpaired) electrons. The Kier molecular flexibility index (Phi) is 14.6. The van der Waals surface area contributed by atoms with Gasteiger partial charge in [0, 0.05) is 2.74 Å². The smallest absolute Gasteiger partial charge is 0.307 e. The molecular weight excluding hydrogens is 509 g/mol. The summed E-state index contributed by atoms with van der Waals surface area (Å²) in [7, 11) is 4.50. The number of carbonyl (C=O) groups excluding carboxylic acids is 3. The van der Waals surface area contributed by atoms with E-state index in [-0.39, 0.29) is 19.3 Å². The van der Waals surface area contributed by atoms with Crippen molar-refractivity contribution in [3.63, 3.8) is 0 Å². The molecule has 218 valence electrons. The first kappa shape index (κ1) is 32.6. The van der Waals surface area contributed by atoms with Crippen LogP contribution in [0.15, 0.2) is 60.7 Å². The lowest BCUT2D eigenvalue weighted by Crippen LogP contribution is -2.31. The minimum absolute atomic E-state index is 0.0393. The SMILES string of the molecule is [2H][C@](CC(=O)OC(C)(C)C)(Cc1ccccc1)C(=O)O.[2H][C@](CC(=O)OC(C)(C)C)(Cc1ccccc1)C(N)=O.[B]C. The van der Waals surface area contributed by atoms with E-state index < -0.39 is 53.2 Å². The number of hydrogen-bond donors (Lipinski definition) is 2. The third-order valence-electron chi connectivity index (χ3n) is 4.73. The van der Waals surface area contributed by atoms with Gasteiger partial charge >= 0.3 is 17.9 Å². The summed E-state index contributed by atoms with van der Waals surface area (Å²) in [4.78, 5) is 46.5. The summed E-state index contributed by atoms with van der Waals surface area (Å²) in [6, 6.07) is 17.9. The molecule has 0 aliphatic rings. The molecule has 8 nitrogen and oxygen atoms in total. The highest BCUT2D eigenvalue weighted by atomic mass is 16.6. The Labute approximate surface area is 242 Å². The Bertz CT molecular complexity index is 1060. The van der Waals surface area contributed by atoms with Gasteiger partial charge in [-0.2, -0.15) is 0 Å². The van der Waals surface area contributed by atoms with Crippen LogP contribution >= 0.6 is 0 Å². The van der Waals surface area contributed by atoms with E-state index >= 15 is 0 Å². The van der Waals surface area contributed by atoms with Gasteiger partial charge in [-0.25, -0.2) is 0 Å². The van der Waals surface area contributed by atoms with Crippen LogP contribution in [0.4, 0.5) is 0 Å². The van der Waals surface area contributed by atoms with Crippen LogP contribution in [0, 0.1) is 11.8 Å². The van der Waals surface area contributed by atoms with Crippen LogP contribution in [0.3, 0.4) is 0 Å². The molecule has 0 saturated carbocycles. The van der Waals surface area contributed by atoms with Gasteiger partial charge in [-0.05, 0) is 65.5 Å². The first-order chi connectivity index (χ1) is 19.2. The number of carboxylic acid groups (broad SMARTS) is 1. The molecule has 2 atom stereocenters. The Morgan fingerprint density at radius 1 is 0.750 bits per heavy atom. The van der Waals surface area contributed by atoms with E-state index in [1.165, 1.54) is 6.82 Å². The van der Waals surface area contributed by atoms with Crippen molar-refractivity contribution in [2.24, 2.45) is 17.5 Å². The van der Waals surface area contributed by atoms with Gasteiger partial charge in [0.25, 0.3) is 0 Å². The second kappa shape index (κ2) is 17.9. The molecule has 0 bridgehead atoms. The highest BCUT2D eigenvalue weighted by Gasteiger charge is 2.26. The summed E-state index contributed by atoms with van der Waals surface area (Å²) < 4.78 is 26.5. The van der Waals surface area contributed by atoms with Crippen LogP contribution in [0.25, 0.3) is 0 Å². The molecule has 0 spiro atoms. The predicted molar refractivity (Wildman–Crippen MR) is 157 cm³/mol. The number of primary amides is 1. The van der Waals surface area contributed by atoms with Crippen molar-refractivity contribution >= 4 is 31.7 Å². The molecule has 9 heteroatoms. The highest BCUT2D eigenvalue weighted by molar-refractivity contribution is 6.05. The number of benzene rings is 2. The van der Waals surface area contributed by atoms with Crippen molar-refractivity contribution < 1.29 is 36.5 Å². The molecule has 40 heavy (non-hydrogen) atoms. The molecule has 0 fully saturated rings. The fourth-order valence-electron chi connectivity index (χ4n) is 3.24. The zero-order chi connectivity index (χ0) is 32.8. The van der Waals surface area contributed by atoms with Crippen LogP contribution in [0.2, 0.25) is 6.82 Å². The normalized spacial score (nSPS) is 14.6. The van der Waals surface area contributed by atoms with Gasteiger partial charge in [-0.1, -0.05) is 67.5 Å². The molecule has 0 aromatic heterocycles. The van der Waals surface area contributed by atoms with Crippen molar-refractivity contribution in [3.8, 4) is 0 Å². The van der Waals surface area contributed by atoms with Crippen LogP contribution in [-0.2, 0) is 41.5 Å².